The topological polar surface area (TPSA) is 106 Å². The smallest absolute Gasteiger partial charge is 0.269 e. The Balaban J connectivity index is 1.89. The number of nitrogens with zero attached hydrogens (tertiary/aromatic N) is 3. The summed E-state index contributed by atoms with van der Waals surface area (Å²) in [6.07, 6.45) is 0. The fraction of sp³-hybridized carbons (Fsp3) is 0.167. The van der Waals surface area contributed by atoms with E-state index in [0.717, 1.165) is 5.56 Å². The average Bonchev–Trinajstić information content (AvgIpc) is 2.87. The van der Waals surface area contributed by atoms with Gasteiger partial charge in [0.25, 0.3) is 11.2 Å². The maximum absolute atomic E-state index is 13.7. The maximum atomic E-state index is 13.7. The van der Waals surface area contributed by atoms with E-state index in [-0.39, 0.29) is 11.2 Å². The SMILES string of the molecule is COc1cc2c(=O)n(-c3ccccc3)c(SCc3ccc([N+](=O)[O-])cc3)nc2c(OC)c1OC. The number of aromatic nitrogens is 2. The highest BCUT2D eigenvalue weighted by atomic mass is 32.2. The van der Waals surface area contributed by atoms with Gasteiger partial charge in [0, 0.05) is 17.9 Å². The molecule has 0 unspecified atom stereocenters. The highest BCUT2D eigenvalue weighted by Gasteiger charge is 2.22. The number of methoxy groups -OCH3 is 3. The number of hydrogen-bond donors (Lipinski definition) is 0. The molecule has 1 heterocycles. The van der Waals surface area contributed by atoms with Crippen molar-refractivity contribution in [2.45, 2.75) is 10.9 Å². The number of thioether (sulfide) groups is 1. The van der Waals surface area contributed by atoms with Crippen molar-refractivity contribution in [2.24, 2.45) is 0 Å². The van der Waals surface area contributed by atoms with E-state index >= 15 is 0 Å². The standard InChI is InChI=1S/C24H21N3O6S/c1-31-19-13-18-20(22(33-3)21(19)32-2)25-24(26(23(18)28)16-7-5-4-6-8-16)34-14-15-9-11-17(12-10-15)27(29)30/h4-13H,14H2,1-3H3. The summed E-state index contributed by atoms with van der Waals surface area (Å²) in [5.74, 6) is 1.44. The lowest BCUT2D eigenvalue weighted by Gasteiger charge is -2.17. The molecule has 3 aromatic carbocycles. The molecule has 0 aliphatic rings. The van der Waals surface area contributed by atoms with Gasteiger partial charge in [0.2, 0.25) is 5.75 Å². The Hall–Kier alpha value is -4.05. The molecule has 0 fully saturated rings. The molecule has 1 aromatic heterocycles. The van der Waals surface area contributed by atoms with Gasteiger partial charge in [0.1, 0.15) is 5.52 Å². The van der Waals surface area contributed by atoms with Crippen LogP contribution in [0.5, 0.6) is 17.2 Å². The van der Waals surface area contributed by atoms with Gasteiger partial charge >= 0.3 is 0 Å². The minimum Gasteiger partial charge on any atom is -0.493 e. The molecule has 0 aliphatic heterocycles. The maximum Gasteiger partial charge on any atom is 0.269 e. The summed E-state index contributed by atoms with van der Waals surface area (Å²) in [7, 11) is 4.45. The van der Waals surface area contributed by atoms with Crippen molar-refractivity contribution in [3.8, 4) is 22.9 Å². The Kier molecular flexibility index (Phi) is 6.69. The first-order valence-electron chi connectivity index (χ1n) is 10.2. The van der Waals surface area contributed by atoms with Crippen molar-refractivity contribution in [1.82, 2.24) is 9.55 Å². The van der Waals surface area contributed by atoms with E-state index in [2.05, 4.69) is 0 Å². The molecule has 0 saturated carbocycles. The lowest BCUT2D eigenvalue weighted by molar-refractivity contribution is -0.384. The van der Waals surface area contributed by atoms with Gasteiger partial charge < -0.3 is 14.2 Å². The Morgan fingerprint density at radius 2 is 1.65 bits per heavy atom. The third-order valence-electron chi connectivity index (χ3n) is 5.17. The van der Waals surface area contributed by atoms with Crippen molar-refractivity contribution in [3.05, 3.63) is 86.7 Å². The number of nitro groups is 1. The van der Waals surface area contributed by atoms with Crippen LogP contribution in [0.4, 0.5) is 5.69 Å². The van der Waals surface area contributed by atoms with E-state index in [9.17, 15) is 14.9 Å². The molecule has 0 amide bonds. The predicted octanol–water partition coefficient (Wildman–Crippen LogP) is 4.61. The summed E-state index contributed by atoms with van der Waals surface area (Å²) in [6, 6.07) is 17.1. The number of hydrogen-bond acceptors (Lipinski definition) is 8. The zero-order valence-corrected chi connectivity index (χ0v) is 19.5. The van der Waals surface area contributed by atoms with Crippen LogP contribution >= 0.6 is 11.8 Å². The molecule has 9 nitrogen and oxygen atoms in total. The molecule has 0 spiro atoms. The molecule has 34 heavy (non-hydrogen) atoms. The third-order valence-corrected chi connectivity index (χ3v) is 6.18. The van der Waals surface area contributed by atoms with E-state index in [4.69, 9.17) is 19.2 Å². The van der Waals surface area contributed by atoms with Crippen LogP contribution in [0, 0.1) is 10.1 Å². The zero-order valence-electron chi connectivity index (χ0n) is 18.7. The normalized spacial score (nSPS) is 10.8. The highest BCUT2D eigenvalue weighted by Crippen LogP contribution is 2.42. The number of benzene rings is 3. The summed E-state index contributed by atoms with van der Waals surface area (Å²) in [6.45, 7) is 0. The number of fused-ring (bicyclic) bond motifs is 1. The van der Waals surface area contributed by atoms with Crippen LogP contribution in [-0.4, -0.2) is 35.8 Å². The van der Waals surface area contributed by atoms with E-state index in [1.807, 2.05) is 30.3 Å². The first-order chi connectivity index (χ1) is 16.5. The minimum atomic E-state index is -0.442. The van der Waals surface area contributed by atoms with Crippen LogP contribution < -0.4 is 19.8 Å². The predicted molar refractivity (Wildman–Crippen MR) is 130 cm³/mol. The molecule has 10 heteroatoms. The van der Waals surface area contributed by atoms with Crippen LogP contribution in [0.15, 0.2) is 70.6 Å². The van der Waals surface area contributed by atoms with Crippen LogP contribution in [0.3, 0.4) is 0 Å². The molecule has 0 bridgehead atoms. The van der Waals surface area contributed by atoms with Crippen molar-refractivity contribution >= 4 is 28.4 Å². The summed E-state index contributed by atoms with van der Waals surface area (Å²) in [5.41, 5.74) is 1.58. The Morgan fingerprint density at radius 1 is 0.971 bits per heavy atom. The van der Waals surface area contributed by atoms with Gasteiger partial charge in [-0.05, 0) is 23.8 Å². The fourth-order valence-electron chi connectivity index (χ4n) is 3.53. The molecular formula is C24H21N3O6S. The average molecular weight is 480 g/mol. The largest absolute Gasteiger partial charge is 0.493 e. The molecule has 0 N–H and O–H groups in total. The summed E-state index contributed by atoms with van der Waals surface area (Å²) >= 11 is 1.34. The second-order valence-corrected chi connectivity index (χ2v) is 8.07. The molecule has 0 atom stereocenters. The number of rotatable bonds is 8. The number of ether oxygens (including phenoxy) is 3. The van der Waals surface area contributed by atoms with Crippen molar-refractivity contribution in [2.75, 3.05) is 21.3 Å². The van der Waals surface area contributed by atoms with Gasteiger partial charge in [-0.3, -0.25) is 19.5 Å². The minimum absolute atomic E-state index is 0.0181. The second-order valence-electron chi connectivity index (χ2n) is 7.12. The van der Waals surface area contributed by atoms with Crippen LogP contribution in [0.25, 0.3) is 16.6 Å². The van der Waals surface area contributed by atoms with Gasteiger partial charge in [0.15, 0.2) is 16.7 Å². The third kappa shape index (κ3) is 4.27. The van der Waals surface area contributed by atoms with Gasteiger partial charge in [-0.2, -0.15) is 0 Å². The molecule has 0 aliphatic carbocycles. The fourth-order valence-corrected chi connectivity index (χ4v) is 4.49. The van der Waals surface area contributed by atoms with E-state index < -0.39 is 4.92 Å². The van der Waals surface area contributed by atoms with Gasteiger partial charge in [-0.15, -0.1) is 0 Å². The zero-order chi connectivity index (χ0) is 24.2. The van der Waals surface area contributed by atoms with E-state index in [0.29, 0.717) is 44.7 Å². The molecule has 4 aromatic rings. The summed E-state index contributed by atoms with van der Waals surface area (Å²) in [4.78, 5) is 29.0. The van der Waals surface area contributed by atoms with Gasteiger partial charge in [-0.25, -0.2) is 4.98 Å². The summed E-state index contributed by atoms with van der Waals surface area (Å²) in [5, 5.41) is 11.7. The second kappa shape index (κ2) is 9.84. The molecule has 0 saturated heterocycles. The molecule has 4 rings (SSSR count). The first kappa shape index (κ1) is 23.1. The Labute approximate surface area is 199 Å². The van der Waals surface area contributed by atoms with Gasteiger partial charge in [-0.1, -0.05) is 42.1 Å². The van der Waals surface area contributed by atoms with E-state index in [1.165, 1.54) is 49.8 Å². The van der Waals surface area contributed by atoms with Crippen molar-refractivity contribution < 1.29 is 19.1 Å². The van der Waals surface area contributed by atoms with Gasteiger partial charge in [0.05, 0.1) is 37.3 Å². The number of nitro benzene ring substituents is 1. The first-order valence-corrected chi connectivity index (χ1v) is 11.1. The monoisotopic (exact) mass is 479 g/mol. The Morgan fingerprint density at radius 3 is 2.24 bits per heavy atom. The lowest BCUT2D eigenvalue weighted by atomic mass is 10.2. The molecule has 0 radical (unpaired) electrons. The number of non-ortho nitro benzene ring substituents is 1. The quantitative estimate of drug-likeness (QED) is 0.156. The highest BCUT2D eigenvalue weighted by molar-refractivity contribution is 7.98. The van der Waals surface area contributed by atoms with E-state index in [1.54, 1.807) is 18.2 Å². The molecular weight excluding hydrogens is 458 g/mol. The van der Waals surface area contributed by atoms with Crippen LogP contribution in [0.1, 0.15) is 5.56 Å². The van der Waals surface area contributed by atoms with Crippen LogP contribution in [0.2, 0.25) is 0 Å². The van der Waals surface area contributed by atoms with Crippen molar-refractivity contribution in [3.63, 3.8) is 0 Å². The van der Waals surface area contributed by atoms with Crippen molar-refractivity contribution in [1.29, 1.82) is 0 Å². The lowest BCUT2D eigenvalue weighted by Crippen LogP contribution is -2.22. The number of para-hydroxylation sites is 1. The Bertz CT molecular complexity index is 1400. The summed E-state index contributed by atoms with van der Waals surface area (Å²) < 4.78 is 18.0. The van der Waals surface area contributed by atoms with Crippen LogP contribution in [-0.2, 0) is 5.75 Å². The molecule has 174 valence electrons.